The molecule has 0 aliphatic carbocycles. The van der Waals surface area contributed by atoms with Crippen LogP contribution in [0.4, 0.5) is 4.79 Å². The highest BCUT2D eigenvalue weighted by molar-refractivity contribution is 6.13. The number of imide groups is 3. The van der Waals surface area contributed by atoms with Gasteiger partial charge in [-0.05, 0) is 0 Å². The van der Waals surface area contributed by atoms with Gasteiger partial charge in [-0.3, -0.25) is 9.59 Å². The van der Waals surface area contributed by atoms with E-state index in [1.807, 2.05) is 0 Å². The van der Waals surface area contributed by atoms with Gasteiger partial charge < -0.3 is 90.0 Å². The lowest BCUT2D eigenvalue weighted by molar-refractivity contribution is -0.136. The van der Waals surface area contributed by atoms with Crippen LogP contribution in [-0.2, 0) is 99.6 Å². The molecule has 1 fully saturated rings. The molecule has 1 aliphatic rings. The van der Waals surface area contributed by atoms with Gasteiger partial charge in [0, 0.05) is 27.1 Å². The van der Waals surface area contributed by atoms with Gasteiger partial charge in [-0.1, -0.05) is 0 Å². The maximum absolute atomic E-state index is 12.4. The second-order valence-electron chi connectivity index (χ2n) is 13.3. The van der Waals surface area contributed by atoms with Crippen LogP contribution in [-0.4, -0.2) is 268 Å². The first-order valence-corrected chi connectivity index (χ1v) is 22.4. The predicted molar refractivity (Wildman–Crippen MR) is 228 cm³/mol. The molecule has 1 rings (SSSR count). The van der Waals surface area contributed by atoms with Crippen molar-refractivity contribution in [3.63, 3.8) is 0 Å². The molecule has 0 bridgehead atoms. The number of ether oxygens (including phenoxy) is 19. The van der Waals surface area contributed by atoms with Crippen molar-refractivity contribution in [1.82, 2.24) is 4.90 Å². The average molecular weight is 950 g/mol. The minimum absolute atomic E-state index is 0.0279. The van der Waals surface area contributed by atoms with E-state index in [1.54, 1.807) is 14.2 Å². The summed E-state index contributed by atoms with van der Waals surface area (Å²) >= 11 is 0. The van der Waals surface area contributed by atoms with E-state index < -0.39 is 24.0 Å². The fraction of sp³-hybridized carbons (Fsp3) is 0.929. The van der Waals surface area contributed by atoms with Crippen LogP contribution in [0.1, 0.15) is 12.8 Å². The topological polar surface area (TPSA) is 230 Å². The van der Waals surface area contributed by atoms with Gasteiger partial charge in [-0.25, -0.2) is 4.79 Å². The Kier molecular flexibility index (Phi) is 46.6. The van der Waals surface area contributed by atoms with Crippen LogP contribution in [0.25, 0.3) is 0 Å². The molecule has 0 aromatic carbocycles. The van der Waals surface area contributed by atoms with Gasteiger partial charge in [-0.15, -0.1) is 0 Å². The number of likely N-dealkylation sites (tertiary alicyclic amines) is 1. The van der Waals surface area contributed by atoms with E-state index in [0.717, 1.165) is 0 Å². The zero-order valence-electron chi connectivity index (χ0n) is 39.0. The van der Waals surface area contributed by atoms with E-state index in [1.165, 1.54) is 0 Å². The summed E-state index contributed by atoms with van der Waals surface area (Å²) in [5.41, 5.74) is 0. The van der Waals surface area contributed by atoms with Gasteiger partial charge in [0.25, 0.3) is 0 Å². The van der Waals surface area contributed by atoms with Gasteiger partial charge >= 0.3 is 6.09 Å². The Morgan fingerprint density at radius 1 is 0.354 bits per heavy atom. The molecule has 3 amide bonds. The molecule has 384 valence electrons. The van der Waals surface area contributed by atoms with Crippen LogP contribution in [0.15, 0.2) is 0 Å². The highest BCUT2D eigenvalue weighted by Gasteiger charge is 2.36. The fourth-order valence-corrected chi connectivity index (χ4v) is 4.89. The van der Waals surface area contributed by atoms with Crippen LogP contribution in [0.2, 0.25) is 0 Å². The first-order valence-electron chi connectivity index (χ1n) is 22.4. The molecule has 0 radical (unpaired) electrons. The number of carbonyl (C=O) groups is 3. The number of nitrogens with zero attached hydrogens (tertiary/aromatic N) is 1. The largest absolute Gasteiger partial charge is 0.446 e. The zero-order chi connectivity index (χ0) is 46.8. The maximum Gasteiger partial charge on any atom is 0.423 e. The third kappa shape index (κ3) is 41.8. The Labute approximate surface area is 384 Å². The molecule has 0 spiro atoms. The molecule has 1 heterocycles. The average Bonchev–Trinajstić information content (AvgIpc) is 3.65. The molecule has 1 atom stereocenters. The molecule has 1 saturated heterocycles. The molecule has 65 heavy (non-hydrogen) atoms. The molecule has 0 N–H and O–H groups in total. The van der Waals surface area contributed by atoms with Crippen molar-refractivity contribution in [2.75, 3.05) is 239 Å². The fourth-order valence-electron chi connectivity index (χ4n) is 4.89. The Bertz CT molecular complexity index is 1030. The van der Waals surface area contributed by atoms with Crippen molar-refractivity contribution >= 4 is 17.9 Å². The Balaban J connectivity index is 1.99. The predicted octanol–water partition coefficient (Wildman–Crippen LogP) is 0.199. The second-order valence-corrected chi connectivity index (χ2v) is 13.3. The standard InChI is InChI=1S/C42H79NO22/c1-47-5-7-49-9-11-51-13-15-53-17-19-55-21-22-57-25-26-59-29-30-61-33-34-63-37-39(38-65-42(46)43-40(44)3-4-41(43)45)64-36-35-62-32-31-60-28-27-58-24-23-56-20-18-54-16-14-52-12-10-50-8-6-48-2/h39H,3-38H2,1-2H3. The van der Waals surface area contributed by atoms with Crippen LogP contribution >= 0.6 is 0 Å². The molecule has 0 aromatic rings. The van der Waals surface area contributed by atoms with Crippen LogP contribution in [0.5, 0.6) is 0 Å². The van der Waals surface area contributed by atoms with Gasteiger partial charge in [0.15, 0.2) is 0 Å². The molecular formula is C42H79NO22. The van der Waals surface area contributed by atoms with Crippen molar-refractivity contribution in [2.24, 2.45) is 0 Å². The Hall–Kier alpha value is -2.11. The van der Waals surface area contributed by atoms with E-state index in [4.69, 9.17) is 90.0 Å². The first-order chi connectivity index (χ1) is 32.1. The number of rotatable bonds is 53. The lowest BCUT2D eigenvalue weighted by atomic mass is 10.4. The number of methoxy groups -OCH3 is 2. The number of hydrogen-bond acceptors (Lipinski definition) is 22. The van der Waals surface area contributed by atoms with Gasteiger partial charge in [0.2, 0.25) is 11.8 Å². The Morgan fingerprint density at radius 3 is 0.846 bits per heavy atom. The van der Waals surface area contributed by atoms with Crippen molar-refractivity contribution in [1.29, 1.82) is 0 Å². The van der Waals surface area contributed by atoms with E-state index in [0.29, 0.717) is 196 Å². The van der Waals surface area contributed by atoms with Crippen molar-refractivity contribution < 1.29 is 104 Å². The van der Waals surface area contributed by atoms with Crippen molar-refractivity contribution in [2.45, 2.75) is 18.9 Å². The number of carbonyl (C=O) groups excluding carboxylic acids is 3. The summed E-state index contributed by atoms with van der Waals surface area (Å²) in [4.78, 5) is 36.7. The van der Waals surface area contributed by atoms with Crippen molar-refractivity contribution in [3.05, 3.63) is 0 Å². The smallest absolute Gasteiger partial charge is 0.423 e. The molecule has 23 nitrogen and oxygen atoms in total. The van der Waals surface area contributed by atoms with E-state index in [-0.39, 0.29) is 45.9 Å². The van der Waals surface area contributed by atoms with E-state index in [2.05, 4.69) is 0 Å². The third-order valence-corrected chi connectivity index (χ3v) is 8.21. The van der Waals surface area contributed by atoms with E-state index in [9.17, 15) is 14.4 Å². The number of hydrogen-bond donors (Lipinski definition) is 0. The normalized spacial score (nSPS) is 13.4. The molecule has 23 heteroatoms. The number of amides is 3. The van der Waals surface area contributed by atoms with Crippen LogP contribution in [0, 0.1) is 0 Å². The minimum Gasteiger partial charge on any atom is -0.446 e. The molecule has 1 unspecified atom stereocenters. The highest BCUT2D eigenvalue weighted by Crippen LogP contribution is 2.13. The molecule has 0 aromatic heterocycles. The second kappa shape index (κ2) is 49.8. The van der Waals surface area contributed by atoms with Gasteiger partial charge in [0.1, 0.15) is 12.7 Å². The summed E-state index contributed by atoms with van der Waals surface area (Å²) in [6.07, 6.45) is -1.77. The highest BCUT2D eigenvalue weighted by atomic mass is 16.6. The maximum atomic E-state index is 12.4. The Morgan fingerprint density at radius 2 is 0.585 bits per heavy atom. The van der Waals surface area contributed by atoms with Crippen LogP contribution < -0.4 is 0 Å². The summed E-state index contributed by atoms with van der Waals surface area (Å²) in [6.45, 7) is 13.9. The molecule has 0 saturated carbocycles. The first kappa shape index (κ1) is 60.9. The summed E-state index contributed by atoms with van der Waals surface area (Å²) in [6, 6.07) is 0. The molecule has 1 aliphatic heterocycles. The van der Waals surface area contributed by atoms with Crippen molar-refractivity contribution in [3.8, 4) is 0 Å². The van der Waals surface area contributed by atoms with E-state index >= 15 is 0 Å². The van der Waals surface area contributed by atoms with Gasteiger partial charge in [-0.2, -0.15) is 4.90 Å². The quantitative estimate of drug-likeness (QED) is 0.0586. The summed E-state index contributed by atoms with van der Waals surface area (Å²) in [5.74, 6) is -1.19. The minimum atomic E-state index is -1.03. The third-order valence-electron chi connectivity index (χ3n) is 8.21. The summed E-state index contributed by atoms with van der Waals surface area (Å²) < 4.78 is 103. The lowest BCUT2D eigenvalue weighted by Gasteiger charge is -2.20. The lowest BCUT2D eigenvalue weighted by Crippen LogP contribution is -2.38. The van der Waals surface area contributed by atoms with Gasteiger partial charge in [0.05, 0.1) is 218 Å². The SMILES string of the molecule is COCCOCCOCCOCCOCCOCCOCCOCCOCC(COC(=O)N1C(=O)CCC1=O)OCCOCCOCCOCCOCCOCCOCCOCCOC. The van der Waals surface area contributed by atoms with Crippen LogP contribution in [0.3, 0.4) is 0 Å². The molecular weight excluding hydrogens is 870 g/mol. The summed E-state index contributed by atoms with van der Waals surface area (Å²) in [7, 11) is 3.26. The summed E-state index contributed by atoms with van der Waals surface area (Å²) in [5, 5.41) is 0. The monoisotopic (exact) mass is 950 g/mol. The zero-order valence-corrected chi connectivity index (χ0v) is 39.0.